The van der Waals surface area contributed by atoms with Crippen LogP contribution >= 0.6 is 0 Å². The molecule has 0 radical (unpaired) electrons. The minimum atomic E-state index is -1.51. The van der Waals surface area contributed by atoms with Gasteiger partial charge < -0.3 is 8.85 Å². The molecule has 0 N–H and O–H groups in total. The van der Waals surface area contributed by atoms with E-state index in [-0.39, 0.29) is 5.60 Å². The van der Waals surface area contributed by atoms with Gasteiger partial charge in [-0.2, -0.15) is 0 Å². The summed E-state index contributed by atoms with van der Waals surface area (Å²) in [7, 11) is -2.99. The summed E-state index contributed by atoms with van der Waals surface area (Å²) in [5.74, 6) is 3.12. The zero-order valence-electron chi connectivity index (χ0n) is 20.8. The summed E-state index contributed by atoms with van der Waals surface area (Å²) >= 11 is 0. The van der Waals surface area contributed by atoms with Gasteiger partial charge in [0, 0.05) is 6.10 Å². The number of hydrogen-bond acceptors (Lipinski definition) is 2. The highest BCUT2D eigenvalue weighted by molar-refractivity contribution is 6.70. The van der Waals surface area contributed by atoms with Gasteiger partial charge in [-0.1, -0.05) is 32.4 Å². The molecule has 3 rings (SSSR count). The summed E-state index contributed by atoms with van der Waals surface area (Å²) in [6, 6.07) is 0. The first-order valence-corrected chi connectivity index (χ1v) is 19.1. The number of fused-ring (bicyclic) bond motifs is 1. The second-order valence-corrected chi connectivity index (χ2v) is 21.9. The Balaban J connectivity index is 1.62. The highest BCUT2D eigenvalue weighted by Crippen LogP contribution is 2.59. The van der Waals surface area contributed by atoms with Crippen molar-refractivity contribution in [1.82, 2.24) is 0 Å². The molecular formula is C25H48O2Si2. The Kier molecular flexibility index (Phi) is 6.73. The molecule has 3 aliphatic rings. The van der Waals surface area contributed by atoms with Crippen molar-refractivity contribution in [3.05, 3.63) is 12.2 Å². The molecule has 2 nitrogen and oxygen atoms in total. The lowest BCUT2D eigenvalue weighted by molar-refractivity contribution is -0.0199. The molecular weight excluding hydrogens is 388 g/mol. The summed E-state index contributed by atoms with van der Waals surface area (Å²) in [6.07, 6.45) is 14.7. The van der Waals surface area contributed by atoms with E-state index in [2.05, 4.69) is 72.2 Å². The molecule has 2 saturated carbocycles. The maximum Gasteiger partial charge on any atom is 0.184 e. The fraction of sp³-hybridized carbons (Fsp3) is 0.920. The molecule has 0 heterocycles. The molecule has 4 unspecified atom stereocenters. The van der Waals surface area contributed by atoms with E-state index in [1.807, 2.05) is 0 Å². The van der Waals surface area contributed by atoms with Gasteiger partial charge in [0.25, 0.3) is 0 Å². The Labute approximate surface area is 183 Å². The van der Waals surface area contributed by atoms with Crippen LogP contribution in [0.5, 0.6) is 0 Å². The van der Waals surface area contributed by atoms with Gasteiger partial charge in [-0.15, -0.1) is 0 Å². The van der Waals surface area contributed by atoms with Gasteiger partial charge >= 0.3 is 0 Å². The van der Waals surface area contributed by atoms with Crippen LogP contribution in [0.15, 0.2) is 12.2 Å². The highest BCUT2D eigenvalue weighted by Gasteiger charge is 2.53. The van der Waals surface area contributed by atoms with Crippen molar-refractivity contribution < 1.29 is 8.85 Å². The van der Waals surface area contributed by atoms with Crippen LogP contribution in [-0.2, 0) is 8.85 Å². The van der Waals surface area contributed by atoms with Crippen LogP contribution in [0.4, 0.5) is 0 Å². The number of allylic oxidation sites excluding steroid dienone is 1. The first kappa shape index (κ1) is 23.8. The summed E-state index contributed by atoms with van der Waals surface area (Å²) in [6.45, 7) is 21.5. The van der Waals surface area contributed by atoms with E-state index in [4.69, 9.17) is 8.85 Å². The SMILES string of the molecule is C[C@H](CC1C=CC(C)(O[Si](C)(C)C)C1)[C@H]1CCC2C(O[Si](C)(C)C)CCC[C@@]21C. The van der Waals surface area contributed by atoms with E-state index in [9.17, 15) is 0 Å². The lowest BCUT2D eigenvalue weighted by atomic mass is 9.61. The molecule has 29 heavy (non-hydrogen) atoms. The minimum absolute atomic E-state index is 0.0297. The lowest BCUT2D eigenvalue weighted by Crippen LogP contribution is -2.46. The molecule has 0 bridgehead atoms. The van der Waals surface area contributed by atoms with E-state index >= 15 is 0 Å². The van der Waals surface area contributed by atoms with Gasteiger partial charge in [0.05, 0.1) is 5.60 Å². The largest absolute Gasteiger partial charge is 0.414 e. The quantitative estimate of drug-likeness (QED) is 0.301. The highest BCUT2D eigenvalue weighted by atomic mass is 28.4. The van der Waals surface area contributed by atoms with E-state index in [1.54, 1.807) is 0 Å². The van der Waals surface area contributed by atoms with Gasteiger partial charge in [0.1, 0.15) is 0 Å². The van der Waals surface area contributed by atoms with Crippen LogP contribution in [0.25, 0.3) is 0 Å². The normalized spacial score (nSPS) is 41.6. The second-order valence-electron chi connectivity index (χ2n) is 13.0. The van der Waals surface area contributed by atoms with E-state index in [0.717, 1.165) is 17.8 Å². The second kappa shape index (κ2) is 8.22. The average Bonchev–Trinajstić information content (AvgIpc) is 3.04. The Morgan fingerprint density at radius 2 is 1.69 bits per heavy atom. The van der Waals surface area contributed by atoms with Crippen molar-refractivity contribution >= 4 is 16.6 Å². The summed E-state index contributed by atoms with van der Waals surface area (Å²) in [5, 5.41) is 0. The smallest absolute Gasteiger partial charge is 0.184 e. The monoisotopic (exact) mass is 436 g/mol. The third kappa shape index (κ3) is 5.67. The topological polar surface area (TPSA) is 18.5 Å². The van der Waals surface area contributed by atoms with Crippen molar-refractivity contribution in [3.63, 3.8) is 0 Å². The van der Waals surface area contributed by atoms with Crippen LogP contribution in [0.2, 0.25) is 39.3 Å². The average molecular weight is 437 g/mol. The predicted octanol–water partition coefficient (Wildman–Crippen LogP) is 7.64. The van der Waals surface area contributed by atoms with Gasteiger partial charge in [0.2, 0.25) is 0 Å². The van der Waals surface area contributed by atoms with Crippen LogP contribution < -0.4 is 0 Å². The van der Waals surface area contributed by atoms with Crippen LogP contribution in [0.3, 0.4) is 0 Å². The minimum Gasteiger partial charge on any atom is -0.414 e. The molecule has 168 valence electrons. The molecule has 0 saturated heterocycles. The Hall–Kier alpha value is 0.0938. The lowest BCUT2D eigenvalue weighted by Gasteiger charge is -2.48. The summed E-state index contributed by atoms with van der Waals surface area (Å²) in [5.41, 5.74) is 0.459. The van der Waals surface area contributed by atoms with Crippen molar-refractivity contribution in [3.8, 4) is 0 Å². The van der Waals surface area contributed by atoms with Gasteiger partial charge in [0.15, 0.2) is 16.6 Å². The summed E-state index contributed by atoms with van der Waals surface area (Å²) in [4.78, 5) is 0. The third-order valence-corrected chi connectivity index (χ3v) is 10.0. The maximum atomic E-state index is 6.71. The number of rotatable bonds is 7. The molecule has 0 amide bonds. The van der Waals surface area contributed by atoms with Gasteiger partial charge in [-0.05, 0) is 114 Å². The van der Waals surface area contributed by atoms with Crippen molar-refractivity contribution in [2.45, 2.75) is 117 Å². The van der Waals surface area contributed by atoms with Crippen LogP contribution in [0.1, 0.15) is 65.7 Å². The van der Waals surface area contributed by atoms with Crippen molar-refractivity contribution in [2.24, 2.45) is 29.1 Å². The van der Waals surface area contributed by atoms with Crippen molar-refractivity contribution in [2.75, 3.05) is 0 Å². The molecule has 0 aromatic heterocycles. The molecule has 0 aliphatic heterocycles. The first-order valence-electron chi connectivity index (χ1n) is 12.3. The summed E-state index contributed by atoms with van der Waals surface area (Å²) < 4.78 is 13.2. The first-order chi connectivity index (χ1) is 13.2. The zero-order valence-corrected chi connectivity index (χ0v) is 22.8. The molecule has 7 atom stereocenters. The van der Waals surface area contributed by atoms with E-state index in [1.165, 1.54) is 44.9 Å². The Morgan fingerprint density at radius 3 is 2.31 bits per heavy atom. The van der Waals surface area contributed by atoms with Crippen molar-refractivity contribution in [1.29, 1.82) is 0 Å². The maximum absolute atomic E-state index is 6.71. The van der Waals surface area contributed by atoms with Gasteiger partial charge in [-0.25, -0.2) is 0 Å². The standard InChI is InChI=1S/C25H48O2Si2/c1-19(17-20-14-16-24(2,18-20)27-29(7,8)9)21-12-13-22-23(26-28(4,5)6)11-10-15-25(21,22)3/h14,16,19-23H,10-13,15,17-18H2,1-9H3/t19-,20?,21-,22?,23?,24?,25-/m1/s1. The fourth-order valence-electron chi connectivity index (χ4n) is 7.27. The molecule has 0 aromatic carbocycles. The molecule has 0 spiro atoms. The Morgan fingerprint density at radius 1 is 1.00 bits per heavy atom. The van der Waals surface area contributed by atoms with E-state index < -0.39 is 16.6 Å². The van der Waals surface area contributed by atoms with Crippen LogP contribution in [-0.4, -0.2) is 28.3 Å². The van der Waals surface area contributed by atoms with E-state index in [0.29, 0.717) is 17.4 Å². The number of hydrogen-bond donors (Lipinski definition) is 0. The molecule has 0 aromatic rings. The van der Waals surface area contributed by atoms with Crippen LogP contribution in [0, 0.1) is 29.1 Å². The third-order valence-electron chi connectivity index (χ3n) is 7.93. The molecule has 3 aliphatic carbocycles. The Bertz CT molecular complexity index is 605. The fourth-order valence-corrected chi connectivity index (χ4v) is 10.0. The van der Waals surface area contributed by atoms with Gasteiger partial charge in [-0.3, -0.25) is 0 Å². The molecule has 2 fully saturated rings. The zero-order chi connectivity index (χ0) is 21.7. The molecule has 4 heteroatoms. The predicted molar refractivity (Wildman–Crippen MR) is 130 cm³/mol.